The Morgan fingerprint density at radius 3 is 2.31 bits per heavy atom. The highest BCUT2D eigenvalue weighted by atomic mass is 32.2. The molecular weight excluding hydrogens is 395 g/mol. The van der Waals surface area contributed by atoms with Gasteiger partial charge in [0.05, 0.1) is 4.90 Å². The lowest BCUT2D eigenvalue weighted by Crippen LogP contribution is -2.23. The minimum atomic E-state index is -3.73. The largest absolute Gasteiger partial charge is 0.457 e. The number of halogens is 1. The molecule has 29 heavy (non-hydrogen) atoms. The standard InChI is InChI=1S/C21H19FN2O4S/c1-15(25)24-18-7-11-21(12-8-18)29(26,27)23-14-16-3-2-4-20(13-16)28-19-9-5-17(22)6-10-19/h2-13,23H,14H2,1H3,(H,24,25). The lowest BCUT2D eigenvalue weighted by molar-refractivity contribution is -0.114. The van der Waals surface area contributed by atoms with Crippen LogP contribution in [0.1, 0.15) is 12.5 Å². The molecule has 0 aliphatic rings. The molecule has 0 unspecified atom stereocenters. The van der Waals surface area contributed by atoms with Crippen LogP contribution >= 0.6 is 0 Å². The van der Waals surface area contributed by atoms with Crippen LogP contribution in [-0.2, 0) is 21.4 Å². The molecule has 0 spiro atoms. The molecule has 0 atom stereocenters. The van der Waals surface area contributed by atoms with Crippen molar-refractivity contribution in [3.8, 4) is 11.5 Å². The molecule has 0 bridgehead atoms. The maximum atomic E-state index is 13.0. The van der Waals surface area contributed by atoms with E-state index in [9.17, 15) is 17.6 Å². The molecule has 1 amide bonds. The van der Waals surface area contributed by atoms with Gasteiger partial charge in [-0.1, -0.05) is 12.1 Å². The second-order valence-electron chi connectivity index (χ2n) is 6.23. The Morgan fingerprint density at radius 1 is 0.966 bits per heavy atom. The molecule has 3 aromatic rings. The van der Waals surface area contributed by atoms with Crippen LogP contribution in [0.2, 0.25) is 0 Å². The van der Waals surface area contributed by atoms with E-state index in [1.165, 1.54) is 55.5 Å². The van der Waals surface area contributed by atoms with Crippen molar-refractivity contribution in [2.45, 2.75) is 18.4 Å². The Hall–Kier alpha value is -3.23. The first kappa shape index (κ1) is 20.5. The van der Waals surface area contributed by atoms with E-state index in [0.29, 0.717) is 22.7 Å². The first-order chi connectivity index (χ1) is 13.8. The van der Waals surface area contributed by atoms with Gasteiger partial charge >= 0.3 is 0 Å². The molecule has 6 nitrogen and oxygen atoms in total. The number of rotatable bonds is 7. The fourth-order valence-electron chi connectivity index (χ4n) is 2.54. The predicted molar refractivity (Wildman–Crippen MR) is 108 cm³/mol. The lowest BCUT2D eigenvalue weighted by atomic mass is 10.2. The van der Waals surface area contributed by atoms with Crippen LogP contribution in [0.3, 0.4) is 0 Å². The highest BCUT2D eigenvalue weighted by molar-refractivity contribution is 7.89. The van der Waals surface area contributed by atoms with Crippen LogP contribution in [0, 0.1) is 5.82 Å². The normalized spacial score (nSPS) is 11.1. The summed E-state index contributed by atoms with van der Waals surface area (Å²) in [7, 11) is -3.73. The fourth-order valence-corrected chi connectivity index (χ4v) is 3.56. The molecule has 8 heteroatoms. The summed E-state index contributed by atoms with van der Waals surface area (Å²) >= 11 is 0. The van der Waals surface area contributed by atoms with Gasteiger partial charge in [0.25, 0.3) is 0 Å². The molecular formula is C21H19FN2O4S. The first-order valence-electron chi connectivity index (χ1n) is 8.71. The highest BCUT2D eigenvalue weighted by Gasteiger charge is 2.14. The number of sulfonamides is 1. The van der Waals surface area contributed by atoms with Crippen LogP contribution < -0.4 is 14.8 Å². The summed E-state index contributed by atoms with van der Waals surface area (Å²) in [5.41, 5.74) is 1.21. The van der Waals surface area contributed by atoms with E-state index < -0.39 is 10.0 Å². The van der Waals surface area contributed by atoms with E-state index in [-0.39, 0.29) is 23.2 Å². The van der Waals surface area contributed by atoms with Crippen molar-refractivity contribution in [1.82, 2.24) is 4.72 Å². The third-order valence-electron chi connectivity index (χ3n) is 3.90. The summed E-state index contributed by atoms with van der Waals surface area (Å²) < 4.78 is 46.1. The molecule has 0 aromatic heterocycles. The number of nitrogens with one attached hydrogen (secondary N) is 2. The number of ether oxygens (including phenoxy) is 1. The van der Waals surface area contributed by atoms with E-state index in [4.69, 9.17) is 4.74 Å². The van der Waals surface area contributed by atoms with Gasteiger partial charge in [-0.2, -0.15) is 0 Å². The third-order valence-corrected chi connectivity index (χ3v) is 5.32. The molecule has 0 aliphatic carbocycles. The van der Waals surface area contributed by atoms with Crippen molar-refractivity contribution < 1.29 is 22.3 Å². The van der Waals surface area contributed by atoms with Crippen molar-refractivity contribution in [1.29, 1.82) is 0 Å². The summed E-state index contributed by atoms with van der Waals surface area (Å²) in [6.45, 7) is 1.44. The maximum Gasteiger partial charge on any atom is 0.240 e. The van der Waals surface area contributed by atoms with Gasteiger partial charge in [-0.25, -0.2) is 17.5 Å². The van der Waals surface area contributed by atoms with Crippen LogP contribution in [0.25, 0.3) is 0 Å². The molecule has 2 N–H and O–H groups in total. The number of amides is 1. The minimum Gasteiger partial charge on any atom is -0.457 e. The fraction of sp³-hybridized carbons (Fsp3) is 0.0952. The third kappa shape index (κ3) is 5.87. The molecule has 0 aliphatic heterocycles. The molecule has 3 aromatic carbocycles. The van der Waals surface area contributed by atoms with Crippen molar-refractivity contribution in [3.63, 3.8) is 0 Å². The molecule has 3 rings (SSSR count). The van der Waals surface area contributed by atoms with E-state index in [1.807, 2.05) is 0 Å². The second kappa shape index (κ2) is 8.85. The maximum absolute atomic E-state index is 13.0. The topological polar surface area (TPSA) is 84.5 Å². The van der Waals surface area contributed by atoms with Crippen LogP contribution in [-0.4, -0.2) is 14.3 Å². The average Bonchev–Trinajstić information content (AvgIpc) is 2.69. The number of hydrogen-bond acceptors (Lipinski definition) is 4. The number of benzene rings is 3. The van der Waals surface area contributed by atoms with Gasteiger partial charge in [0, 0.05) is 19.2 Å². The number of carbonyl (C=O) groups is 1. The Morgan fingerprint density at radius 2 is 1.66 bits per heavy atom. The zero-order valence-electron chi connectivity index (χ0n) is 15.6. The highest BCUT2D eigenvalue weighted by Crippen LogP contribution is 2.23. The van der Waals surface area contributed by atoms with Gasteiger partial charge in [0.1, 0.15) is 17.3 Å². The van der Waals surface area contributed by atoms with Crippen molar-refractivity contribution >= 4 is 21.6 Å². The van der Waals surface area contributed by atoms with Crippen molar-refractivity contribution in [3.05, 3.63) is 84.2 Å². The predicted octanol–water partition coefficient (Wildman–Crippen LogP) is 4.05. The zero-order valence-corrected chi connectivity index (χ0v) is 16.4. The molecule has 0 saturated carbocycles. The summed E-state index contributed by atoms with van der Waals surface area (Å²) in [5.74, 6) is 0.392. The minimum absolute atomic E-state index is 0.0659. The molecule has 0 saturated heterocycles. The zero-order chi connectivity index (χ0) is 20.9. The first-order valence-corrected chi connectivity index (χ1v) is 10.2. The molecule has 0 radical (unpaired) electrons. The van der Waals surface area contributed by atoms with E-state index >= 15 is 0 Å². The van der Waals surface area contributed by atoms with Gasteiger partial charge in [0.15, 0.2) is 0 Å². The Balaban J connectivity index is 1.65. The van der Waals surface area contributed by atoms with E-state index in [0.717, 1.165) is 0 Å². The van der Waals surface area contributed by atoms with Crippen LogP contribution in [0.5, 0.6) is 11.5 Å². The van der Waals surface area contributed by atoms with Crippen molar-refractivity contribution in [2.75, 3.05) is 5.32 Å². The van der Waals surface area contributed by atoms with Crippen molar-refractivity contribution in [2.24, 2.45) is 0 Å². The summed E-state index contributed by atoms with van der Waals surface area (Å²) in [6.07, 6.45) is 0. The SMILES string of the molecule is CC(=O)Nc1ccc(S(=O)(=O)NCc2cccc(Oc3ccc(F)cc3)c2)cc1. The molecule has 150 valence electrons. The quantitative estimate of drug-likeness (QED) is 0.611. The lowest BCUT2D eigenvalue weighted by Gasteiger charge is -2.10. The average molecular weight is 414 g/mol. The van der Waals surface area contributed by atoms with Gasteiger partial charge in [-0.3, -0.25) is 4.79 Å². The summed E-state index contributed by atoms with van der Waals surface area (Å²) in [5, 5.41) is 2.58. The Kier molecular flexibility index (Phi) is 6.26. The van der Waals surface area contributed by atoms with Gasteiger partial charge in [0.2, 0.25) is 15.9 Å². The summed E-state index contributed by atoms with van der Waals surface area (Å²) in [6, 6.07) is 18.4. The Labute approximate surface area is 168 Å². The van der Waals surface area contributed by atoms with E-state index in [1.54, 1.807) is 24.3 Å². The Bertz CT molecular complexity index is 1100. The summed E-state index contributed by atoms with van der Waals surface area (Å²) in [4.78, 5) is 11.1. The van der Waals surface area contributed by atoms with Gasteiger partial charge < -0.3 is 10.1 Å². The molecule has 0 heterocycles. The van der Waals surface area contributed by atoms with Crippen LogP contribution in [0.15, 0.2) is 77.7 Å². The van der Waals surface area contributed by atoms with E-state index in [2.05, 4.69) is 10.0 Å². The number of anilines is 1. The number of hydrogen-bond donors (Lipinski definition) is 2. The monoisotopic (exact) mass is 414 g/mol. The molecule has 0 fully saturated rings. The van der Waals surface area contributed by atoms with Gasteiger partial charge in [-0.15, -0.1) is 0 Å². The second-order valence-corrected chi connectivity index (χ2v) is 8.00. The number of carbonyl (C=O) groups excluding carboxylic acids is 1. The van der Waals surface area contributed by atoms with Gasteiger partial charge in [-0.05, 0) is 66.2 Å². The van der Waals surface area contributed by atoms with Crippen LogP contribution in [0.4, 0.5) is 10.1 Å². The smallest absolute Gasteiger partial charge is 0.240 e.